The molecule has 1 N–H and O–H groups in total. The number of aromatic nitrogens is 3. The van der Waals surface area contributed by atoms with Gasteiger partial charge in [-0.15, -0.1) is 0 Å². The predicted molar refractivity (Wildman–Crippen MR) is 112 cm³/mol. The monoisotopic (exact) mass is 440 g/mol. The molecule has 0 atom stereocenters. The van der Waals surface area contributed by atoms with Gasteiger partial charge in [0, 0.05) is 17.7 Å². The van der Waals surface area contributed by atoms with E-state index in [1.807, 2.05) is 13.0 Å². The minimum atomic E-state index is -3.85. The number of sulfonamides is 1. The number of hydrogen-bond donors (Lipinski definition) is 1. The minimum Gasteiger partial charge on any atom is -0.408 e. The van der Waals surface area contributed by atoms with Crippen molar-refractivity contribution in [1.82, 2.24) is 14.7 Å². The van der Waals surface area contributed by atoms with Gasteiger partial charge in [-0.1, -0.05) is 24.2 Å². The topological polar surface area (TPSA) is 120 Å². The van der Waals surface area contributed by atoms with E-state index in [2.05, 4.69) is 14.9 Å². The standard InChI is InChI=1S/C21H20N4O5S/c1-2-13-4-3-5-15(10-13)24-31(27,28)16-8-9-17-18(11-16)29-21(26)25(17)12-19-22-20(30-23-19)14-6-7-14/h3-5,8-11,14,24H,2,6-7,12H2,1H3. The Balaban J connectivity index is 1.43. The maximum absolute atomic E-state index is 12.8. The molecule has 31 heavy (non-hydrogen) atoms. The van der Waals surface area contributed by atoms with Crippen LogP contribution in [0.3, 0.4) is 0 Å². The van der Waals surface area contributed by atoms with E-state index >= 15 is 0 Å². The van der Waals surface area contributed by atoms with Crippen LogP contribution in [0.1, 0.15) is 43.0 Å². The first kappa shape index (κ1) is 19.6. The van der Waals surface area contributed by atoms with Gasteiger partial charge in [0.15, 0.2) is 11.4 Å². The van der Waals surface area contributed by atoms with Crippen LogP contribution in [0.15, 0.2) is 61.1 Å². The van der Waals surface area contributed by atoms with Gasteiger partial charge in [0.25, 0.3) is 10.0 Å². The molecule has 1 aliphatic rings. The second-order valence-corrected chi connectivity index (χ2v) is 9.25. The fourth-order valence-corrected chi connectivity index (χ4v) is 4.47. The van der Waals surface area contributed by atoms with Crippen LogP contribution in [-0.2, 0) is 23.0 Å². The molecule has 1 aliphatic carbocycles. The van der Waals surface area contributed by atoms with E-state index in [0.29, 0.717) is 28.8 Å². The number of hydrogen-bond acceptors (Lipinski definition) is 7. The van der Waals surface area contributed by atoms with Crippen LogP contribution in [0.2, 0.25) is 0 Å². The Morgan fingerprint density at radius 3 is 2.81 bits per heavy atom. The first-order valence-electron chi connectivity index (χ1n) is 10.0. The van der Waals surface area contributed by atoms with Crippen molar-refractivity contribution in [3.63, 3.8) is 0 Å². The highest BCUT2D eigenvalue weighted by atomic mass is 32.2. The lowest BCUT2D eigenvalue weighted by Crippen LogP contribution is -2.15. The number of oxazole rings is 1. The summed E-state index contributed by atoms with van der Waals surface area (Å²) in [6, 6.07) is 11.5. The number of rotatable bonds is 7. The van der Waals surface area contributed by atoms with Crippen LogP contribution >= 0.6 is 0 Å². The van der Waals surface area contributed by atoms with Crippen LogP contribution in [0.4, 0.5) is 5.69 Å². The maximum atomic E-state index is 12.8. The largest absolute Gasteiger partial charge is 0.420 e. The Morgan fingerprint density at radius 2 is 2.03 bits per heavy atom. The van der Waals surface area contributed by atoms with Gasteiger partial charge in [-0.25, -0.2) is 13.2 Å². The Labute approximate surface area is 177 Å². The number of nitrogens with one attached hydrogen (secondary N) is 1. The second-order valence-electron chi connectivity index (χ2n) is 7.57. The highest BCUT2D eigenvalue weighted by molar-refractivity contribution is 7.92. The lowest BCUT2D eigenvalue weighted by molar-refractivity contribution is 0.372. The molecule has 9 nitrogen and oxygen atoms in total. The average molecular weight is 440 g/mol. The zero-order valence-electron chi connectivity index (χ0n) is 16.7. The number of benzene rings is 2. The van der Waals surface area contributed by atoms with Gasteiger partial charge >= 0.3 is 5.76 Å². The highest BCUT2D eigenvalue weighted by Gasteiger charge is 2.29. The molecule has 0 spiro atoms. The van der Waals surface area contributed by atoms with Crippen molar-refractivity contribution in [2.45, 2.75) is 43.5 Å². The average Bonchev–Trinajstić information content (AvgIpc) is 3.42. The molecule has 0 amide bonds. The molecule has 0 saturated heterocycles. The maximum Gasteiger partial charge on any atom is 0.420 e. The summed E-state index contributed by atoms with van der Waals surface area (Å²) in [6.45, 7) is 2.08. The van der Waals surface area contributed by atoms with E-state index < -0.39 is 15.8 Å². The van der Waals surface area contributed by atoms with Gasteiger partial charge in [-0.05, 0) is 49.1 Å². The third-order valence-electron chi connectivity index (χ3n) is 5.25. The molecule has 2 heterocycles. The third-order valence-corrected chi connectivity index (χ3v) is 6.63. The number of aryl methyl sites for hydroxylation is 1. The van der Waals surface area contributed by atoms with Crippen molar-refractivity contribution in [3.8, 4) is 0 Å². The summed E-state index contributed by atoms with van der Waals surface area (Å²) < 4.78 is 40.1. The third kappa shape index (κ3) is 3.86. The molecule has 1 fully saturated rings. The van der Waals surface area contributed by atoms with Gasteiger partial charge in [0.05, 0.1) is 17.0 Å². The Hall–Kier alpha value is -3.40. The fourth-order valence-electron chi connectivity index (χ4n) is 3.40. The van der Waals surface area contributed by atoms with Gasteiger partial charge in [-0.3, -0.25) is 9.29 Å². The molecule has 2 aromatic carbocycles. The van der Waals surface area contributed by atoms with E-state index in [1.54, 1.807) is 24.3 Å². The van der Waals surface area contributed by atoms with Crippen molar-refractivity contribution in [2.24, 2.45) is 0 Å². The number of fused-ring (bicyclic) bond motifs is 1. The molecule has 2 aromatic heterocycles. The molecule has 5 rings (SSSR count). The molecule has 4 aromatic rings. The predicted octanol–water partition coefficient (Wildman–Crippen LogP) is 3.27. The van der Waals surface area contributed by atoms with Crippen molar-refractivity contribution in [3.05, 3.63) is 70.3 Å². The van der Waals surface area contributed by atoms with Gasteiger partial charge < -0.3 is 8.94 Å². The zero-order valence-corrected chi connectivity index (χ0v) is 17.6. The minimum absolute atomic E-state index is 0.00150. The van der Waals surface area contributed by atoms with Crippen molar-refractivity contribution in [2.75, 3.05) is 4.72 Å². The lowest BCUT2D eigenvalue weighted by Gasteiger charge is -2.09. The fraction of sp³-hybridized carbons (Fsp3) is 0.286. The summed E-state index contributed by atoms with van der Waals surface area (Å²) in [7, 11) is -3.85. The zero-order chi connectivity index (χ0) is 21.6. The Kier molecular flexibility index (Phi) is 4.66. The lowest BCUT2D eigenvalue weighted by atomic mass is 10.1. The first-order chi connectivity index (χ1) is 14.9. The molecular weight excluding hydrogens is 420 g/mol. The molecular formula is C21H20N4O5S. The van der Waals surface area contributed by atoms with Gasteiger partial charge in [0.1, 0.15) is 0 Å². The van der Waals surface area contributed by atoms with Crippen LogP contribution < -0.4 is 10.5 Å². The molecule has 10 heteroatoms. The van der Waals surface area contributed by atoms with Crippen LogP contribution in [0.5, 0.6) is 0 Å². The Morgan fingerprint density at radius 1 is 1.19 bits per heavy atom. The highest BCUT2D eigenvalue weighted by Crippen LogP contribution is 2.38. The van der Waals surface area contributed by atoms with E-state index in [4.69, 9.17) is 8.94 Å². The second kappa shape index (κ2) is 7.38. The molecule has 160 valence electrons. The number of anilines is 1. The summed E-state index contributed by atoms with van der Waals surface area (Å²) >= 11 is 0. The quantitative estimate of drug-likeness (QED) is 0.468. The summed E-state index contributed by atoms with van der Waals surface area (Å²) in [5, 5.41) is 3.92. The molecule has 0 radical (unpaired) electrons. The van der Waals surface area contributed by atoms with Crippen LogP contribution in [0.25, 0.3) is 11.1 Å². The van der Waals surface area contributed by atoms with Gasteiger partial charge in [-0.2, -0.15) is 4.98 Å². The molecule has 1 saturated carbocycles. The van der Waals surface area contributed by atoms with Crippen molar-refractivity contribution < 1.29 is 17.4 Å². The van der Waals surface area contributed by atoms with Gasteiger partial charge in [0.2, 0.25) is 5.89 Å². The summed E-state index contributed by atoms with van der Waals surface area (Å²) in [5.74, 6) is 0.659. The molecule has 0 aliphatic heterocycles. The van der Waals surface area contributed by atoms with E-state index in [-0.39, 0.29) is 17.0 Å². The summed E-state index contributed by atoms with van der Waals surface area (Å²) in [6.07, 6.45) is 2.86. The molecule has 0 bridgehead atoms. The summed E-state index contributed by atoms with van der Waals surface area (Å²) in [4.78, 5) is 16.7. The molecule has 0 unspecified atom stereocenters. The van der Waals surface area contributed by atoms with Crippen molar-refractivity contribution in [1.29, 1.82) is 0 Å². The van der Waals surface area contributed by atoms with E-state index in [9.17, 15) is 13.2 Å². The number of nitrogens with zero attached hydrogens (tertiary/aromatic N) is 3. The first-order valence-corrected chi connectivity index (χ1v) is 11.5. The Bertz CT molecular complexity index is 1430. The van der Waals surface area contributed by atoms with E-state index in [0.717, 1.165) is 24.8 Å². The SMILES string of the molecule is CCc1cccc(NS(=O)(=O)c2ccc3c(c2)oc(=O)n3Cc2noc(C3CC3)n2)c1. The van der Waals surface area contributed by atoms with Crippen LogP contribution in [0, 0.1) is 0 Å². The van der Waals surface area contributed by atoms with Crippen LogP contribution in [-0.4, -0.2) is 23.1 Å². The van der Waals surface area contributed by atoms with E-state index in [1.165, 1.54) is 16.7 Å². The normalized spacial score (nSPS) is 14.2. The van der Waals surface area contributed by atoms with Crippen molar-refractivity contribution >= 4 is 26.8 Å². The smallest absolute Gasteiger partial charge is 0.408 e. The summed E-state index contributed by atoms with van der Waals surface area (Å²) in [5.41, 5.74) is 2.11.